The van der Waals surface area contributed by atoms with Gasteiger partial charge in [0.15, 0.2) is 5.78 Å². The number of nitrogens with zero attached hydrogens (tertiary/aromatic N) is 6. The summed E-state index contributed by atoms with van der Waals surface area (Å²) in [6, 6.07) is 19.2. The number of carbonyl (C=O) groups excluding carboxylic acids is 1. The molecule has 13 nitrogen and oxygen atoms in total. The number of hydrogen-bond acceptors (Lipinski definition) is 11. The van der Waals surface area contributed by atoms with Gasteiger partial charge >= 0.3 is 6.43 Å². The van der Waals surface area contributed by atoms with E-state index in [0.717, 1.165) is 22.4 Å². The van der Waals surface area contributed by atoms with Gasteiger partial charge in [-0.1, -0.05) is 59.6 Å². The standard InChI is InChI=1S/C16H13ClF2N4O3S.C15H16ClN3O3S/c1-27(24,25)23(13-7-6-12(17)8-20-13)9-10-2-4-11(5-3-10)15-21-22-16(26-15)14(18)19;1-23(21,22)19(15-7-6-13(16)9-18-15)10-11-2-4-12(5-3-11)14(20)8-17/h2-8,14H,9H2,1H3;2-7,9H,8,10,17H2,1H3. The summed E-state index contributed by atoms with van der Waals surface area (Å²) in [6.45, 7) is 0.0634. The second-order valence-electron chi connectivity index (χ2n) is 10.5. The molecule has 0 saturated heterocycles. The first-order chi connectivity index (χ1) is 23.5. The summed E-state index contributed by atoms with van der Waals surface area (Å²) in [5.74, 6) is -0.471. The predicted octanol–water partition coefficient (Wildman–Crippen LogP) is 5.53. The van der Waals surface area contributed by atoms with Crippen LogP contribution in [0, 0.1) is 0 Å². The van der Waals surface area contributed by atoms with E-state index >= 15 is 0 Å². The molecule has 3 aromatic heterocycles. The van der Waals surface area contributed by atoms with Crippen molar-refractivity contribution < 1.29 is 34.8 Å². The molecule has 0 amide bonds. The van der Waals surface area contributed by atoms with Gasteiger partial charge < -0.3 is 10.2 Å². The number of benzene rings is 2. The highest BCUT2D eigenvalue weighted by atomic mass is 35.5. The number of halogens is 4. The minimum atomic E-state index is -3.59. The van der Waals surface area contributed by atoms with Crippen LogP contribution in [0.15, 0.2) is 89.6 Å². The lowest BCUT2D eigenvalue weighted by Gasteiger charge is -2.21. The van der Waals surface area contributed by atoms with Crippen LogP contribution < -0.4 is 14.3 Å². The number of hydrogen-bond donors (Lipinski definition) is 1. The second kappa shape index (κ2) is 16.4. The van der Waals surface area contributed by atoms with Crippen LogP contribution in [0.3, 0.4) is 0 Å². The van der Waals surface area contributed by atoms with E-state index in [9.17, 15) is 30.4 Å². The van der Waals surface area contributed by atoms with E-state index in [2.05, 4.69) is 20.2 Å². The SMILES string of the molecule is CS(=O)(=O)N(Cc1ccc(-c2nnc(C(F)F)o2)cc1)c1ccc(Cl)cn1.CS(=O)(=O)N(Cc1ccc(C(=O)CN)cc1)c1ccc(Cl)cn1. The van der Waals surface area contributed by atoms with Crippen molar-refractivity contribution in [3.8, 4) is 11.5 Å². The molecule has 19 heteroatoms. The molecule has 5 rings (SSSR count). The monoisotopic (exact) mass is 767 g/mol. The number of nitrogens with two attached hydrogens (primary N) is 1. The number of pyridine rings is 2. The van der Waals surface area contributed by atoms with Gasteiger partial charge in [-0.05, 0) is 47.5 Å². The van der Waals surface area contributed by atoms with Gasteiger partial charge in [-0.2, -0.15) is 8.78 Å². The molecule has 0 aliphatic carbocycles. The van der Waals surface area contributed by atoms with Crippen LogP contribution in [-0.2, 0) is 33.1 Å². The Bertz CT molecular complexity index is 2120. The Hall–Kier alpha value is -4.55. The van der Waals surface area contributed by atoms with Crippen molar-refractivity contribution in [1.82, 2.24) is 20.2 Å². The van der Waals surface area contributed by atoms with Gasteiger partial charge in [0.05, 0.1) is 42.2 Å². The highest BCUT2D eigenvalue weighted by Crippen LogP contribution is 2.25. The van der Waals surface area contributed by atoms with E-state index in [1.807, 2.05) is 0 Å². The number of rotatable bonds is 12. The lowest BCUT2D eigenvalue weighted by Crippen LogP contribution is -2.30. The minimum Gasteiger partial charge on any atom is -0.415 e. The first-order valence-electron chi connectivity index (χ1n) is 14.3. The molecule has 0 atom stereocenters. The van der Waals surface area contributed by atoms with Crippen LogP contribution in [0.1, 0.15) is 33.8 Å². The maximum atomic E-state index is 12.5. The zero-order valence-electron chi connectivity index (χ0n) is 26.3. The number of sulfonamides is 2. The predicted molar refractivity (Wildman–Crippen MR) is 185 cm³/mol. The van der Waals surface area contributed by atoms with Crippen molar-refractivity contribution in [3.63, 3.8) is 0 Å². The summed E-state index contributed by atoms with van der Waals surface area (Å²) in [4.78, 5) is 19.6. The van der Waals surface area contributed by atoms with Crippen molar-refractivity contribution in [1.29, 1.82) is 0 Å². The summed E-state index contributed by atoms with van der Waals surface area (Å²) in [5, 5.41) is 7.65. The Balaban J connectivity index is 0.000000228. The molecule has 264 valence electrons. The Kier molecular flexibility index (Phi) is 12.6. The molecule has 0 spiro atoms. The molecule has 0 aliphatic rings. The lowest BCUT2D eigenvalue weighted by molar-refractivity contribution is 0.100. The molecular weight excluding hydrogens is 739 g/mol. The van der Waals surface area contributed by atoms with E-state index in [0.29, 0.717) is 26.7 Å². The fraction of sp³-hybridized carbons (Fsp3) is 0.194. The Morgan fingerprint density at radius 3 is 1.58 bits per heavy atom. The van der Waals surface area contributed by atoms with Gasteiger partial charge in [-0.3, -0.25) is 4.79 Å². The molecule has 0 unspecified atom stereocenters. The van der Waals surface area contributed by atoms with Gasteiger partial charge in [0.25, 0.3) is 5.89 Å². The molecule has 2 aromatic carbocycles. The minimum absolute atomic E-state index is 0.0276. The van der Waals surface area contributed by atoms with E-state index in [1.54, 1.807) is 60.7 Å². The Morgan fingerprint density at radius 1 is 0.760 bits per heavy atom. The van der Waals surface area contributed by atoms with Crippen LogP contribution in [0.2, 0.25) is 10.0 Å². The Morgan fingerprint density at radius 2 is 1.22 bits per heavy atom. The fourth-order valence-corrected chi connectivity index (χ4v) is 6.09. The number of anilines is 2. The number of Topliss-reactive ketones (excluding diaryl/α,β-unsaturated/α-hetero) is 1. The summed E-state index contributed by atoms with van der Waals surface area (Å²) >= 11 is 11.6. The number of ketones is 1. The van der Waals surface area contributed by atoms with Crippen molar-refractivity contribution in [2.45, 2.75) is 19.5 Å². The van der Waals surface area contributed by atoms with Crippen LogP contribution in [-0.4, -0.2) is 61.8 Å². The van der Waals surface area contributed by atoms with Gasteiger partial charge in [0.2, 0.25) is 25.9 Å². The van der Waals surface area contributed by atoms with Crippen molar-refractivity contribution in [3.05, 3.63) is 118 Å². The van der Waals surface area contributed by atoms with Crippen LogP contribution in [0.25, 0.3) is 11.5 Å². The fourth-order valence-electron chi connectivity index (χ4n) is 4.21. The van der Waals surface area contributed by atoms with Crippen molar-refractivity contribution in [2.75, 3.05) is 27.7 Å². The van der Waals surface area contributed by atoms with Crippen LogP contribution in [0.4, 0.5) is 20.4 Å². The summed E-state index contributed by atoms with van der Waals surface area (Å²) in [5.41, 5.74) is 7.61. The summed E-state index contributed by atoms with van der Waals surface area (Å²) in [6.07, 6.45) is 2.07. The average molecular weight is 769 g/mol. The second-order valence-corrected chi connectivity index (χ2v) is 15.2. The third kappa shape index (κ3) is 10.5. The summed E-state index contributed by atoms with van der Waals surface area (Å²) < 4.78 is 80.5. The summed E-state index contributed by atoms with van der Waals surface area (Å²) in [7, 11) is -7.11. The molecule has 0 fully saturated rings. The Labute approximate surface area is 296 Å². The zero-order chi connectivity index (χ0) is 36.6. The van der Waals surface area contributed by atoms with E-state index < -0.39 is 32.4 Å². The molecule has 3 heterocycles. The van der Waals surface area contributed by atoms with Gasteiger partial charge in [0, 0.05) is 23.5 Å². The topological polar surface area (TPSA) is 183 Å². The molecular formula is C31H29Cl2F2N7O6S2. The molecule has 50 heavy (non-hydrogen) atoms. The van der Waals surface area contributed by atoms with Crippen molar-refractivity contribution in [2.24, 2.45) is 5.73 Å². The van der Waals surface area contributed by atoms with E-state index in [-0.39, 0.29) is 42.9 Å². The normalized spacial score (nSPS) is 11.5. The van der Waals surface area contributed by atoms with E-state index in [1.165, 1.54) is 28.8 Å². The van der Waals surface area contributed by atoms with E-state index in [4.69, 9.17) is 33.4 Å². The van der Waals surface area contributed by atoms with Gasteiger partial charge in [-0.25, -0.2) is 35.4 Å². The number of alkyl halides is 2. The van der Waals surface area contributed by atoms with Crippen molar-refractivity contribution >= 4 is 60.7 Å². The molecule has 2 N–H and O–H groups in total. The quantitative estimate of drug-likeness (QED) is 0.158. The average Bonchev–Trinajstić information content (AvgIpc) is 3.58. The smallest absolute Gasteiger partial charge is 0.314 e. The molecule has 0 radical (unpaired) electrons. The third-order valence-electron chi connectivity index (χ3n) is 6.68. The lowest BCUT2D eigenvalue weighted by atomic mass is 10.1. The maximum absolute atomic E-state index is 12.5. The molecule has 5 aromatic rings. The highest BCUT2D eigenvalue weighted by molar-refractivity contribution is 7.92. The first kappa shape index (κ1) is 38.3. The van der Waals surface area contributed by atoms with Crippen LogP contribution >= 0.6 is 23.2 Å². The molecule has 0 aliphatic heterocycles. The zero-order valence-corrected chi connectivity index (χ0v) is 29.5. The number of aromatic nitrogens is 4. The maximum Gasteiger partial charge on any atom is 0.314 e. The van der Waals surface area contributed by atoms with Gasteiger partial charge in [0.1, 0.15) is 11.6 Å². The molecule has 0 saturated carbocycles. The highest BCUT2D eigenvalue weighted by Gasteiger charge is 2.21. The van der Waals surface area contributed by atoms with Crippen LogP contribution in [0.5, 0.6) is 0 Å². The third-order valence-corrected chi connectivity index (χ3v) is 9.36. The van der Waals surface area contributed by atoms with Gasteiger partial charge in [-0.15, -0.1) is 10.2 Å². The number of carbonyl (C=O) groups is 1. The largest absolute Gasteiger partial charge is 0.415 e. The molecule has 0 bridgehead atoms. The first-order valence-corrected chi connectivity index (χ1v) is 18.7.